The second-order valence-electron chi connectivity index (χ2n) is 8.45. The van der Waals surface area contributed by atoms with Crippen LogP contribution in [0, 0.1) is 0 Å². The van der Waals surface area contributed by atoms with E-state index in [-0.39, 0.29) is 12.2 Å². The first-order valence-corrected chi connectivity index (χ1v) is 12.2. The highest BCUT2D eigenvalue weighted by Crippen LogP contribution is 2.13. The lowest BCUT2D eigenvalue weighted by molar-refractivity contribution is -0.137. The summed E-state index contributed by atoms with van der Waals surface area (Å²) in [5, 5.41) is 28.8. The molecular formula is C24H51NO4. The average Bonchev–Trinajstić information content (AvgIpc) is 2.64. The molecular weight excluding hydrogens is 366 g/mol. The Hall–Kier alpha value is -0.650. The van der Waals surface area contributed by atoms with Crippen LogP contribution in [0.25, 0.3) is 0 Å². The Balaban J connectivity index is 0. The van der Waals surface area contributed by atoms with E-state index >= 15 is 0 Å². The van der Waals surface area contributed by atoms with Gasteiger partial charge in [0.1, 0.15) is 0 Å². The maximum atomic E-state index is 10.3. The molecule has 4 N–H and O–H groups in total. The molecule has 176 valence electrons. The molecule has 0 bridgehead atoms. The summed E-state index contributed by atoms with van der Waals surface area (Å²) in [5.41, 5.74) is 0. The maximum absolute atomic E-state index is 10.3. The average molecular weight is 418 g/mol. The fourth-order valence-corrected chi connectivity index (χ4v) is 3.15. The molecule has 0 aromatic rings. The van der Waals surface area contributed by atoms with E-state index in [1.807, 2.05) is 0 Å². The summed E-state index contributed by atoms with van der Waals surface area (Å²) in [4.78, 5) is 10.3. The quantitative estimate of drug-likeness (QED) is 0.192. The third-order valence-electron chi connectivity index (χ3n) is 4.87. The van der Waals surface area contributed by atoms with Crippen LogP contribution >= 0.6 is 0 Å². The minimum Gasteiger partial charge on any atom is -0.481 e. The van der Waals surface area contributed by atoms with Crippen molar-refractivity contribution in [3.05, 3.63) is 0 Å². The van der Waals surface area contributed by atoms with Gasteiger partial charge in [-0.1, -0.05) is 96.8 Å². The minimum atomic E-state index is -0.653. The third-order valence-corrected chi connectivity index (χ3v) is 4.87. The van der Waals surface area contributed by atoms with Crippen LogP contribution in [0.5, 0.6) is 0 Å². The molecule has 0 amide bonds. The van der Waals surface area contributed by atoms with E-state index in [4.69, 9.17) is 15.3 Å². The molecule has 0 radical (unpaired) electrons. The van der Waals surface area contributed by atoms with Crippen LogP contribution in [0.4, 0.5) is 0 Å². The van der Waals surface area contributed by atoms with Gasteiger partial charge in [0.2, 0.25) is 0 Å². The number of aliphatic carboxylic acids is 1. The van der Waals surface area contributed by atoms with Crippen LogP contribution < -0.4 is 5.32 Å². The van der Waals surface area contributed by atoms with E-state index in [2.05, 4.69) is 12.2 Å². The topological polar surface area (TPSA) is 89.8 Å². The SMILES string of the molecule is CCCCCCCCCCCCCCCCCC(=O)O.C[C@@H](O)CNC[C@@H](C)O. The second kappa shape index (κ2) is 25.4. The lowest BCUT2D eigenvalue weighted by atomic mass is 10.0. The molecule has 0 rings (SSSR count). The molecule has 0 saturated heterocycles. The summed E-state index contributed by atoms with van der Waals surface area (Å²) < 4.78 is 0. The van der Waals surface area contributed by atoms with Gasteiger partial charge in [0, 0.05) is 19.5 Å². The number of carboxylic acids is 1. The summed E-state index contributed by atoms with van der Waals surface area (Å²) in [6.45, 7) is 6.77. The molecule has 0 fully saturated rings. The Morgan fingerprint density at radius 1 is 0.655 bits per heavy atom. The van der Waals surface area contributed by atoms with Crippen molar-refractivity contribution in [2.24, 2.45) is 0 Å². The smallest absolute Gasteiger partial charge is 0.303 e. The number of rotatable bonds is 20. The molecule has 5 heteroatoms. The highest BCUT2D eigenvalue weighted by atomic mass is 16.4. The van der Waals surface area contributed by atoms with Gasteiger partial charge in [-0.25, -0.2) is 0 Å². The Bertz CT molecular complexity index is 314. The Morgan fingerprint density at radius 2 is 0.966 bits per heavy atom. The van der Waals surface area contributed by atoms with E-state index in [9.17, 15) is 4.79 Å². The molecule has 0 aliphatic carbocycles. The van der Waals surface area contributed by atoms with Crippen molar-refractivity contribution in [2.45, 2.75) is 136 Å². The monoisotopic (exact) mass is 417 g/mol. The van der Waals surface area contributed by atoms with Crippen molar-refractivity contribution in [3.8, 4) is 0 Å². The predicted octanol–water partition coefficient (Wildman–Crippen LogP) is 5.67. The normalized spacial score (nSPS) is 12.9. The molecule has 0 saturated carbocycles. The van der Waals surface area contributed by atoms with Crippen molar-refractivity contribution in [2.75, 3.05) is 13.1 Å². The number of carboxylic acid groups (broad SMARTS) is 1. The summed E-state index contributed by atoms with van der Waals surface area (Å²) in [6, 6.07) is 0. The number of aliphatic hydroxyl groups excluding tert-OH is 2. The van der Waals surface area contributed by atoms with Gasteiger partial charge in [0.05, 0.1) is 12.2 Å². The van der Waals surface area contributed by atoms with E-state index in [1.54, 1.807) is 13.8 Å². The van der Waals surface area contributed by atoms with Crippen molar-refractivity contribution < 1.29 is 20.1 Å². The molecule has 0 aliphatic heterocycles. The zero-order valence-electron chi connectivity index (χ0n) is 19.6. The van der Waals surface area contributed by atoms with Crippen LogP contribution in [0.3, 0.4) is 0 Å². The summed E-state index contributed by atoms with van der Waals surface area (Å²) >= 11 is 0. The molecule has 0 spiro atoms. The maximum Gasteiger partial charge on any atom is 0.303 e. The van der Waals surface area contributed by atoms with Crippen LogP contribution in [0.15, 0.2) is 0 Å². The van der Waals surface area contributed by atoms with Gasteiger partial charge < -0.3 is 20.6 Å². The van der Waals surface area contributed by atoms with Crippen LogP contribution in [0.1, 0.15) is 124 Å². The standard InChI is InChI=1S/C18H36O2.C6H15NO2/c1-2-3-4-5-6-7-8-9-10-11-12-13-14-15-16-17-18(19)20;1-5(8)3-7-4-6(2)9/h2-17H2,1H3,(H,19,20);5-9H,3-4H2,1-2H3/t;5-,6-/m.1/s1. The van der Waals surface area contributed by atoms with E-state index in [0.29, 0.717) is 19.5 Å². The summed E-state index contributed by atoms with van der Waals surface area (Å²) in [7, 11) is 0. The van der Waals surface area contributed by atoms with Crippen LogP contribution in [-0.4, -0.2) is 46.6 Å². The molecule has 2 atom stereocenters. The first-order valence-electron chi connectivity index (χ1n) is 12.2. The summed E-state index contributed by atoms with van der Waals surface area (Å²) in [5.74, 6) is -0.653. The van der Waals surface area contributed by atoms with E-state index in [0.717, 1.165) is 12.8 Å². The third kappa shape index (κ3) is 35.2. The number of nitrogens with one attached hydrogen (secondary N) is 1. The molecule has 0 aromatic heterocycles. The van der Waals surface area contributed by atoms with Crippen LogP contribution in [0.2, 0.25) is 0 Å². The van der Waals surface area contributed by atoms with Gasteiger partial charge in [-0.2, -0.15) is 0 Å². The van der Waals surface area contributed by atoms with E-state index in [1.165, 1.54) is 83.5 Å². The van der Waals surface area contributed by atoms with Crippen LogP contribution in [-0.2, 0) is 4.79 Å². The number of hydrogen-bond acceptors (Lipinski definition) is 4. The Morgan fingerprint density at radius 3 is 1.24 bits per heavy atom. The Labute approximate surface area is 180 Å². The number of carbonyl (C=O) groups is 1. The predicted molar refractivity (Wildman–Crippen MR) is 123 cm³/mol. The lowest BCUT2D eigenvalue weighted by Crippen LogP contribution is -2.30. The first kappa shape index (κ1) is 30.5. The number of aliphatic hydroxyl groups is 2. The van der Waals surface area contributed by atoms with Gasteiger partial charge in [0.25, 0.3) is 0 Å². The van der Waals surface area contributed by atoms with E-state index < -0.39 is 5.97 Å². The van der Waals surface area contributed by atoms with Crippen molar-refractivity contribution in [3.63, 3.8) is 0 Å². The van der Waals surface area contributed by atoms with Gasteiger partial charge >= 0.3 is 5.97 Å². The molecule has 5 nitrogen and oxygen atoms in total. The molecule has 0 heterocycles. The fraction of sp³-hybridized carbons (Fsp3) is 0.958. The largest absolute Gasteiger partial charge is 0.481 e. The summed E-state index contributed by atoms with van der Waals surface area (Å²) in [6.07, 6.45) is 19.5. The first-order chi connectivity index (χ1) is 13.9. The fourth-order valence-electron chi connectivity index (χ4n) is 3.15. The minimum absolute atomic E-state index is 0.330. The van der Waals surface area contributed by atoms with Gasteiger partial charge in [-0.3, -0.25) is 4.79 Å². The Kier molecular flexibility index (Phi) is 26.7. The van der Waals surface area contributed by atoms with Gasteiger partial charge in [-0.05, 0) is 20.3 Å². The van der Waals surface area contributed by atoms with Crippen molar-refractivity contribution in [1.29, 1.82) is 0 Å². The molecule has 0 aromatic carbocycles. The number of unbranched alkanes of at least 4 members (excludes halogenated alkanes) is 14. The van der Waals surface area contributed by atoms with Crippen molar-refractivity contribution >= 4 is 5.97 Å². The van der Waals surface area contributed by atoms with Gasteiger partial charge in [0.15, 0.2) is 0 Å². The molecule has 0 aliphatic rings. The zero-order valence-corrected chi connectivity index (χ0v) is 19.6. The highest BCUT2D eigenvalue weighted by Gasteiger charge is 1.97. The molecule has 29 heavy (non-hydrogen) atoms. The zero-order chi connectivity index (χ0) is 22.2. The number of hydrogen-bond donors (Lipinski definition) is 4. The van der Waals surface area contributed by atoms with Crippen molar-refractivity contribution in [1.82, 2.24) is 5.32 Å². The molecule has 0 unspecified atom stereocenters. The lowest BCUT2D eigenvalue weighted by Gasteiger charge is -2.07. The second-order valence-corrected chi connectivity index (χ2v) is 8.45. The highest BCUT2D eigenvalue weighted by molar-refractivity contribution is 5.66. The van der Waals surface area contributed by atoms with Gasteiger partial charge in [-0.15, -0.1) is 0 Å².